The lowest BCUT2D eigenvalue weighted by Gasteiger charge is -2.11. The molecule has 7 heteroatoms. The van der Waals surface area contributed by atoms with Gasteiger partial charge in [0, 0.05) is 10.6 Å². The van der Waals surface area contributed by atoms with Gasteiger partial charge in [0.25, 0.3) is 5.91 Å². The summed E-state index contributed by atoms with van der Waals surface area (Å²) in [5, 5.41) is 6.33. The zero-order valence-electron chi connectivity index (χ0n) is 18.3. The van der Waals surface area contributed by atoms with Crippen LogP contribution in [0.3, 0.4) is 0 Å². The summed E-state index contributed by atoms with van der Waals surface area (Å²) in [6, 6.07) is 25.1. The van der Waals surface area contributed by atoms with E-state index in [1.807, 2.05) is 43.3 Å². The van der Waals surface area contributed by atoms with E-state index in [9.17, 15) is 9.59 Å². The third kappa shape index (κ3) is 5.79. The van der Waals surface area contributed by atoms with E-state index < -0.39 is 11.9 Å². The second-order valence-corrected chi connectivity index (χ2v) is 7.93. The monoisotopic (exact) mass is 472 g/mol. The first-order valence-electron chi connectivity index (χ1n) is 10.5. The van der Waals surface area contributed by atoms with Crippen LogP contribution in [0, 0.1) is 6.92 Å². The lowest BCUT2D eigenvalue weighted by Crippen LogP contribution is -2.24. The molecule has 0 bridgehead atoms. The molecule has 0 spiro atoms. The highest BCUT2D eigenvalue weighted by Crippen LogP contribution is 2.27. The van der Waals surface area contributed by atoms with Crippen molar-refractivity contribution in [3.05, 3.63) is 107 Å². The SMILES string of the molecule is Cc1cccc(C(=O)Oc2ccc3ccccc3c2/C=N/NC(=O)COc2cccc(Cl)c2)c1. The Labute approximate surface area is 201 Å². The first kappa shape index (κ1) is 23.0. The van der Waals surface area contributed by atoms with Crippen LogP contribution in [-0.2, 0) is 4.79 Å². The van der Waals surface area contributed by atoms with Crippen molar-refractivity contribution in [2.75, 3.05) is 6.61 Å². The van der Waals surface area contributed by atoms with Crippen molar-refractivity contribution >= 4 is 40.5 Å². The molecule has 0 radical (unpaired) electrons. The smallest absolute Gasteiger partial charge is 0.343 e. The van der Waals surface area contributed by atoms with Gasteiger partial charge in [-0.25, -0.2) is 10.2 Å². The minimum absolute atomic E-state index is 0.234. The van der Waals surface area contributed by atoms with Gasteiger partial charge in [0.2, 0.25) is 0 Å². The highest BCUT2D eigenvalue weighted by atomic mass is 35.5. The van der Waals surface area contributed by atoms with Crippen LogP contribution in [0.25, 0.3) is 10.8 Å². The first-order valence-corrected chi connectivity index (χ1v) is 10.9. The average molecular weight is 473 g/mol. The van der Waals surface area contributed by atoms with Gasteiger partial charge in [-0.15, -0.1) is 0 Å². The number of hydrazone groups is 1. The van der Waals surface area contributed by atoms with Gasteiger partial charge in [0.15, 0.2) is 6.61 Å². The van der Waals surface area contributed by atoms with Gasteiger partial charge in [-0.3, -0.25) is 4.79 Å². The number of benzene rings is 4. The molecule has 0 aliphatic heterocycles. The molecule has 0 aromatic heterocycles. The fourth-order valence-electron chi connectivity index (χ4n) is 3.34. The third-order valence-electron chi connectivity index (χ3n) is 4.94. The highest BCUT2D eigenvalue weighted by molar-refractivity contribution is 6.30. The van der Waals surface area contributed by atoms with E-state index in [1.54, 1.807) is 48.5 Å². The number of nitrogens with zero attached hydrogens (tertiary/aromatic N) is 1. The Hall–Kier alpha value is -4.16. The van der Waals surface area contributed by atoms with Crippen LogP contribution >= 0.6 is 11.6 Å². The van der Waals surface area contributed by atoms with Gasteiger partial charge >= 0.3 is 5.97 Å². The quantitative estimate of drug-likeness (QED) is 0.165. The van der Waals surface area contributed by atoms with E-state index in [0.717, 1.165) is 16.3 Å². The summed E-state index contributed by atoms with van der Waals surface area (Å²) < 4.78 is 11.1. The Balaban J connectivity index is 1.51. The van der Waals surface area contributed by atoms with Gasteiger partial charge in [-0.05, 0) is 54.1 Å². The predicted molar refractivity (Wildman–Crippen MR) is 133 cm³/mol. The Morgan fingerprint density at radius 3 is 2.62 bits per heavy atom. The van der Waals surface area contributed by atoms with Crippen LogP contribution in [0.15, 0.2) is 90.0 Å². The summed E-state index contributed by atoms with van der Waals surface area (Å²) in [6.07, 6.45) is 1.46. The summed E-state index contributed by atoms with van der Waals surface area (Å²) in [5.74, 6) is -0.119. The molecule has 1 amide bonds. The fourth-order valence-corrected chi connectivity index (χ4v) is 3.52. The fraction of sp³-hybridized carbons (Fsp3) is 0.0741. The van der Waals surface area contributed by atoms with Gasteiger partial charge in [0.05, 0.1) is 11.8 Å². The van der Waals surface area contributed by atoms with Crippen molar-refractivity contribution in [1.82, 2.24) is 5.43 Å². The molecular weight excluding hydrogens is 452 g/mol. The maximum atomic E-state index is 12.7. The molecule has 4 rings (SSSR count). The van der Waals surface area contributed by atoms with Crippen LogP contribution in [0.1, 0.15) is 21.5 Å². The van der Waals surface area contributed by atoms with Crippen molar-refractivity contribution in [2.45, 2.75) is 6.92 Å². The molecule has 0 atom stereocenters. The molecule has 6 nitrogen and oxygen atoms in total. The number of ether oxygens (including phenoxy) is 2. The Morgan fingerprint density at radius 2 is 1.79 bits per heavy atom. The van der Waals surface area contributed by atoms with E-state index in [-0.39, 0.29) is 6.61 Å². The van der Waals surface area contributed by atoms with E-state index in [1.165, 1.54) is 6.21 Å². The number of hydrogen-bond acceptors (Lipinski definition) is 5. The number of carbonyl (C=O) groups is 2. The average Bonchev–Trinajstić information content (AvgIpc) is 2.84. The molecule has 4 aromatic rings. The van der Waals surface area contributed by atoms with E-state index in [4.69, 9.17) is 21.1 Å². The van der Waals surface area contributed by atoms with E-state index >= 15 is 0 Å². The van der Waals surface area contributed by atoms with E-state index in [0.29, 0.717) is 27.6 Å². The molecular formula is C27H21ClN2O4. The summed E-state index contributed by atoms with van der Waals surface area (Å²) >= 11 is 5.92. The molecule has 0 aliphatic carbocycles. The number of esters is 1. The maximum Gasteiger partial charge on any atom is 0.343 e. The summed E-state index contributed by atoms with van der Waals surface area (Å²) in [6.45, 7) is 1.67. The molecule has 4 aromatic carbocycles. The molecule has 170 valence electrons. The summed E-state index contributed by atoms with van der Waals surface area (Å²) in [7, 11) is 0. The minimum atomic E-state index is -0.479. The molecule has 0 saturated heterocycles. The van der Waals surface area contributed by atoms with Crippen LogP contribution in [0.4, 0.5) is 0 Å². The van der Waals surface area contributed by atoms with Gasteiger partial charge in [-0.2, -0.15) is 5.10 Å². The number of hydrogen-bond donors (Lipinski definition) is 1. The third-order valence-corrected chi connectivity index (χ3v) is 5.17. The molecule has 34 heavy (non-hydrogen) atoms. The Bertz CT molecular complexity index is 1380. The van der Waals surface area contributed by atoms with Crippen molar-refractivity contribution < 1.29 is 19.1 Å². The normalized spacial score (nSPS) is 10.9. The summed E-state index contributed by atoms with van der Waals surface area (Å²) in [5.41, 5.74) is 4.40. The van der Waals surface area contributed by atoms with Crippen molar-refractivity contribution in [3.8, 4) is 11.5 Å². The number of nitrogens with one attached hydrogen (secondary N) is 1. The minimum Gasteiger partial charge on any atom is -0.484 e. The van der Waals surface area contributed by atoms with Crippen LogP contribution in [-0.4, -0.2) is 24.7 Å². The van der Waals surface area contributed by atoms with Crippen molar-refractivity contribution in [3.63, 3.8) is 0 Å². The predicted octanol–water partition coefficient (Wildman–Crippen LogP) is 5.55. The van der Waals surface area contributed by atoms with Gasteiger partial charge in [-0.1, -0.05) is 65.7 Å². The number of halogens is 1. The van der Waals surface area contributed by atoms with Gasteiger partial charge < -0.3 is 9.47 Å². The molecule has 0 fully saturated rings. The largest absolute Gasteiger partial charge is 0.484 e. The molecule has 0 saturated carbocycles. The van der Waals surface area contributed by atoms with E-state index in [2.05, 4.69) is 10.5 Å². The highest BCUT2D eigenvalue weighted by Gasteiger charge is 2.14. The first-order chi connectivity index (χ1) is 16.5. The number of carbonyl (C=O) groups excluding carboxylic acids is 2. The van der Waals surface area contributed by atoms with Crippen molar-refractivity contribution in [1.29, 1.82) is 0 Å². The number of rotatable bonds is 7. The number of fused-ring (bicyclic) bond motifs is 1. The van der Waals surface area contributed by atoms with Crippen LogP contribution < -0.4 is 14.9 Å². The van der Waals surface area contributed by atoms with Crippen molar-refractivity contribution in [2.24, 2.45) is 5.10 Å². The van der Waals surface area contributed by atoms with Gasteiger partial charge in [0.1, 0.15) is 11.5 Å². The Kier molecular flexibility index (Phi) is 7.20. The second-order valence-electron chi connectivity index (χ2n) is 7.50. The zero-order valence-corrected chi connectivity index (χ0v) is 19.1. The number of aryl methyl sites for hydroxylation is 1. The molecule has 0 heterocycles. The Morgan fingerprint density at radius 1 is 0.971 bits per heavy atom. The van der Waals surface area contributed by atoms with Crippen LogP contribution in [0.5, 0.6) is 11.5 Å². The molecule has 0 unspecified atom stereocenters. The maximum absolute atomic E-state index is 12.7. The van der Waals surface area contributed by atoms with Crippen LogP contribution in [0.2, 0.25) is 5.02 Å². The molecule has 0 aliphatic rings. The zero-order chi connectivity index (χ0) is 23.9. The molecule has 1 N–H and O–H groups in total. The number of amides is 1. The lowest BCUT2D eigenvalue weighted by molar-refractivity contribution is -0.123. The topological polar surface area (TPSA) is 77.0 Å². The second kappa shape index (κ2) is 10.6. The summed E-state index contributed by atoms with van der Waals surface area (Å²) in [4.78, 5) is 24.9. The standard InChI is InChI=1S/C27H21ClN2O4/c1-18-6-4-8-20(14-18)27(32)34-25-13-12-19-7-2-3-11-23(19)24(25)16-29-30-26(31)17-33-22-10-5-9-21(28)15-22/h2-16H,17H2,1H3,(H,30,31)/b29-16+. The lowest BCUT2D eigenvalue weighted by atomic mass is 10.0.